The minimum Gasteiger partial charge on any atom is -0.503 e. The topological polar surface area (TPSA) is 94.1 Å². The molecule has 7 nitrogen and oxygen atoms in total. The number of aromatic hydroxyl groups is 1. The first-order chi connectivity index (χ1) is 18.8. The van der Waals surface area contributed by atoms with Crippen LogP contribution < -0.4 is 10.1 Å². The SMILES string of the molecule is CCOc1cc([C@H]2C(C(=O)OC[C@H]3CCCO3)=C(C)NC3=C2C(=O)C[C@@H](c2ccc(F)cc2)C3)cc(Cl)c1O. The Kier molecular flexibility index (Phi) is 7.96. The third-order valence-corrected chi connectivity index (χ3v) is 7.79. The molecule has 2 aromatic carbocycles. The van der Waals surface area contributed by atoms with Crippen LogP contribution in [0.5, 0.6) is 11.5 Å². The third-order valence-electron chi connectivity index (χ3n) is 7.50. The molecule has 1 fully saturated rings. The number of ketones is 1. The van der Waals surface area contributed by atoms with Gasteiger partial charge >= 0.3 is 5.97 Å². The van der Waals surface area contributed by atoms with Crippen molar-refractivity contribution in [1.82, 2.24) is 5.32 Å². The van der Waals surface area contributed by atoms with E-state index in [1.807, 2.05) is 0 Å². The zero-order valence-electron chi connectivity index (χ0n) is 21.9. The molecule has 9 heteroatoms. The molecule has 0 saturated carbocycles. The number of ether oxygens (including phenoxy) is 3. The fourth-order valence-corrected chi connectivity index (χ4v) is 5.88. The van der Waals surface area contributed by atoms with Gasteiger partial charge < -0.3 is 24.6 Å². The van der Waals surface area contributed by atoms with Crippen molar-refractivity contribution < 1.29 is 33.3 Å². The van der Waals surface area contributed by atoms with Crippen molar-refractivity contribution in [3.05, 3.63) is 80.9 Å². The van der Waals surface area contributed by atoms with Crippen molar-refractivity contribution in [3.63, 3.8) is 0 Å². The molecule has 0 aromatic heterocycles. The maximum absolute atomic E-state index is 13.8. The monoisotopic (exact) mass is 555 g/mol. The number of allylic oxidation sites excluding steroid dienone is 3. The normalized spacial score (nSPS) is 23.0. The van der Waals surface area contributed by atoms with E-state index in [0.717, 1.165) is 18.4 Å². The van der Waals surface area contributed by atoms with Crippen LogP contribution in [0.3, 0.4) is 0 Å². The molecule has 3 atom stereocenters. The number of halogens is 2. The lowest BCUT2D eigenvalue weighted by molar-refractivity contribution is -0.142. The van der Waals surface area contributed by atoms with Gasteiger partial charge in [-0.2, -0.15) is 0 Å². The number of esters is 1. The lowest BCUT2D eigenvalue weighted by Gasteiger charge is -2.37. The van der Waals surface area contributed by atoms with Gasteiger partial charge in [0.2, 0.25) is 0 Å². The molecule has 0 unspecified atom stereocenters. The molecule has 3 aliphatic rings. The molecule has 206 valence electrons. The molecule has 2 N–H and O–H groups in total. The Balaban J connectivity index is 1.56. The molecule has 2 heterocycles. The highest BCUT2D eigenvalue weighted by Gasteiger charge is 2.42. The number of carbonyl (C=O) groups is 2. The summed E-state index contributed by atoms with van der Waals surface area (Å²) in [6.45, 7) is 4.60. The quantitative estimate of drug-likeness (QED) is 0.425. The molecule has 0 radical (unpaired) electrons. The fraction of sp³-hybridized carbons (Fsp3) is 0.400. The number of Topliss-reactive ketones (excluding diaryl/α,β-unsaturated/α-hetero) is 1. The Morgan fingerprint density at radius 2 is 1.97 bits per heavy atom. The number of phenols is 1. The van der Waals surface area contributed by atoms with E-state index in [4.69, 9.17) is 25.8 Å². The van der Waals surface area contributed by atoms with Crippen molar-refractivity contribution in [2.75, 3.05) is 19.8 Å². The van der Waals surface area contributed by atoms with E-state index in [9.17, 15) is 19.1 Å². The highest BCUT2D eigenvalue weighted by Crippen LogP contribution is 2.48. The smallest absolute Gasteiger partial charge is 0.336 e. The first-order valence-corrected chi connectivity index (χ1v) is 13.6. The maximum Gasteiger partial charge on any atom is 0.336 e. The van der Waals surface area contributed by atoms with Gasteiger partial charge in [-0.3, -0.25) is 4.79 Å². The van der Waals surface area contributed by atoms with Crippen LogP contribution in [-0.2, 0) is 19.1 Å². The zero-order valence-corrected chi connectivity index (χ0v) is 22.6. The predicted molar refractivity (Wildman–Crippen MR) is 143 cm³/mol. The lowest BCUT2D eigenvalue weighted by atomic mass is 9.71. The molecular weight excluding hydrogens is 525 g/mol. The minimum absolute atomic E-state index is 0.0498. The van der Waals surface area contributed by atoms with E-state index < -0.39 is 11.9 Å². The second-order valence-corrected chi connectivity index (χ2v) is 10.5. The molecule has 39 heavy (non-hydrogen) atoms. The summed E-state index contributed by atoms with van der Waals surface area (Å²) in [6.07, 6.45) is 2.28. The summed E-state index contributed by atoms with van der Waals surface area (Å²) in [6, 6.07) is 9.35. The Morgan fingerprint density at radius 3 is 2.67 bits per heavy atom. The summed E-state index contributed by atoms with van der Waals surface area (Å²) in [4.78, 5) is 27.3. The number of rotatable bonds is 7. The van der Waals surface area contributed by atoms with E-state index in [2.05, 4.69) is 5.32 Å². The molecule has 1 aliphatic carbocycles. The standard InChI is InChI=1S/C30H31ClFNO6/c1-3-37-25-14-19(11-22(31)29(25)35)27-26(30(36)39-15-21-5-4-10-38-21)16(2)33-23-12-18(13-24(34)28(23)27)17-6-8-20(32)9-7-17/h6-9,11,14,18,21,27,33,35H,3-5,10,12-13,15H2,1-2H3/t18-,21+,27-/m0/s1. The first kappa shape index (κ1) is 27.2. The van der Waals surface area contributed by atoms with Crippen LogP contribution in [0, 0.1) is 5.82 Å². The molecular formula is C30H31ClFNO6. The number of phenolic OH excluding ortho intramolecular Hbond substituents is 1. The Hall–Kier alpha value is -3.36. The van der Waals surface area contributed by atoms with E-state index >= 15 is 0 Å². The maximum atomic E-state index is 13.8. The van der Waals surface area contributed by atoms with Gasteiger partial charge in [-0.05, 0) is 74.4 Å². The number of nitrogens with one attached hydrogen (secondary N) is 1. The average molecular weight is 556 g/mol. The van der Waals surface area contributed by atoms with Crippen LogP contribution in [0.15, 0.2) is 58.9 Å². The minimum atomic E-state index is -0.780. The molecule has 0 amide bonds. The van der Waals surface area contributed by atoms with E-state index in [1.165, 1.54) is 12.1 Å². The van der Waals surface area contributed by atoms with Gasteiger partial charge in [-0.15, -0.1) is 0 Å². The van der Waals surface area contributed by atoms with Gasteiger partial charge in [0.05, 0.1) is 23.3 Å². The molecule has 2 aliphatic heterocycles. The summed E-state index contributed by atoms with van der Waals surface area (Å²) in [7, 11) is 0. The summed E-state index contributed by atoms with van der Waals surface area (Å²) in [5.74, 6) is -2.00. The van der Waals surface area contributed by atoms with Crippen LogP contribution >= 0.6 is 11.6 Å². The molecule has 1 saturated heterocycles. The number of hydrogen-bond donors (Lipinski definition) is 2. The van der Waals surface area contributed by atoms with E-state index in [1.54, 1.807) is 38.1 Å². The van der Waals surface area contributed by atoms with Crippen molar-refractivity contribution >= 4 is 23.4 Å². The van der Waals surface area contributed by atoms with Crippen molar-refractivity contribution in [3.8, 4) is 11.5 Å². The summed E-state index contributed by atoms with van der Waals surface area (Å²) in [5.41, 5.74) is 3.40. The van der Waals surface area contributed by atoms with E-state index in [0.29, 0.717) is 41.1 Å². The number of carbonyl (C=O) groups excluding carboxylic acids is 2. The number of dihydropyridines is 1. The lowest BCUT2D eigenvalue weighted by Crippen LogP contribution is -2.36. The van der Waals surface area contributed by atoms with Gasteiger partial charge in [-0.25, -0.2) is 9.18 Å². The molecule has 5 rings (SSSR count). The summed E-state index contributed by atoms with van der Waals surface area (Å²) in [5, 5.41) is 13.8. The Bertz CT molecular complexity index is 1350. The van der Waals surface area contributed by atoms with Crippen molar-refractivity contribution in [2.45, 2.75) is 57.5 Å². The zero-order chi connectivity index (χ0) is 27.7. The highest BCUT2D eigenvalue weighted by molar-refractivity contribution is 6.32. The summed E-state index contributed by atoms with van der Waals surface area (Å²) >= 11 is 6.39. The molecule has 2 aromatic rings. The van der Waals surface area contributed by atoms with Crippen LogP contribution in [0.4, 0.5) is 4.39 Å². The molecule has 0 spiro atoms. The number of hydrogen-bond acceptors (Lipinski definition) is 7. The van der Waals surface area contributed by atoms with Crippen LogP contribution in [-0.4, -0.2) is 42.8 Å². The van der Waals surface area contributed by atoms with Gasteiger partial charge in [0.25, 0.3) is 0 Å². The van der Waals surface area contributed by atoms with Crippen molar-refractivity contribution in [1.29, 1.82) is 0 Å². The van der Waals surface area contributed by atoms with Crippen LogP contribution in [0.25, 0.3) is 0 Å². The Morgan fingerprint density at radius 1 is 1.21 bits per heavy atom. The largest absolute Gasteiger partial charge is 0.503 e. The third kappa shape index (κ3) is 5.54. The van der Waals surface area contributed by atoms with Gasteiger partial charge in [0.1, 0.15) is 12.4 Å². The Labute approximate surface area is 231 Å². The number of benzene rings is 2. The average Bonchev–Trinajstić information content (AvgIpc) is 3.43. The van der Waals surface area contributed by atoms with Crippen LogP contribution in [0.2, 0.25) is 5.02 Å². The summed E-state index contributed by atoms with van der Waals surface area (Å²) < 4.78 is 30.4. The highest BCUT2D eigenvalue weighted by atomic mass is 35.5. The van der Waals surface area contributed by atoms with Gasteiger partial charge in [0.15, 0.2) is 17.3 Å². The van der Waals surface area contributed by atoms with Crippen LogP contribution in [0.1, 0.15) is 62.5 Å². The van der Waals surface area contributed by atoms with E-state index in [-0.39, 0.29) is 59.8 Å². The first-order valence-electron chi connectivity index (χ1n) is 13.2. The van der Waals surface area contributed by atoms with Gasteiger partial charge in [-0.1, -0.05) is 23.7 Å². The second kappa shape index (κ2) is 11.4. The van der Waals surface area contributed by atoms with Crippen molar-refractivity contribution in [2.24, 2.45) is 0 Å². The van der Waals surface area contributed by atoms with Gasteiger partial charge in [0, 0.05) is 35.9 Å². The predicted octanol–water partition coefficient (Wildman–Crippen LogP) is 5.67. The fourth-order valence-electron chi connectivity index (χ4n) is 5.66. The molecule has 0 bridgehead atoms. The second-order valence-electron chi connectivity index (χ2n) is 10.1.